The number of hydrogen-bond acceptors (Lipinski definition) is 5. The molecule has 6 nitrogen and oxygen atoms in total. The van der Waals surface area contributed by atoms with Crippen molar-refractivity contribution in [2.75, 3.05) is 39.2 Å². The quantitative estimate of drug-likeness (QED) is 0.293. The lowest BCUT2D eigenvalue weighted by Gasteiger charge is -2.25. The number of carbonyl (C=O) groups excluding carboxylic acids is 1. The molecule has 0 unspecified atom stereocenters. The molecule has 0 atom stereocenters. The lowest BCUT2D eigenvalue weighted by Crippen LogP contribution is -2.36. The van der Waals surface area contributed by atoms with Crippen molar-refractivity contribution in [2.24, 2.45) is 0 Å². The van der Waals surface area contributed by atoms with Crippen molar-refractivity contribution in [1.82, 2.24) is 4.90 Å². The monoisotopic (exact) mass is 496 g/mol. The summed E-state index contributed by atoms with van der Waals surface area (Å²) in [5.41, 5.74) is 2.75. The molecule has 6 heteroatoms. The van der Waals surface area contributed by atoms with Crippen LogP contribution < -0.4 is 19.5 Å². The third-order valence-electron chi connectivity index (χ3n) is 6.75. The molecule has 1 aliphatic rings. The third kappa shape index (κ3) is 5.87. The minimum atomic E-state index is 0.0142. The summed E-state index contributed by atoms with van der Waals surface area (Å²) in [6.45, 7) is 2.42. The van der Waals surface area contributed by atoms with Crippen LogP contribution in [-0.4, -0.2) is 44.7 Å². The smallest absolute Gasteiger partial charge is 0.238 e. The standard InChI is InChI=1S/C31H32N2O4/c1-35-25-11-6-22(7-12-25)28-16-8-23-20-27(36-2)15-17-29(23)31(28)37-26-13-9-24(10-14-26)32-30(34)21-33-18-4-3-5-19-33/h6-17,20H,3-5,18-19,21H2,1-2H3,(H,32,34). The Hall–Kier alpha value is -4.03. The highest BCUT2D eigenvalue weighted by molar-refractivity contribution is 5.96. The second-order valence-electron chi connectivity index (χ2n) is 9.27. The second-order valence-corrected chi connectivity index (χ2v) is 9.27. The summed E-state index contributed by atoms with van der Waals surface area (Å²) in [7, 11) is 3.32. The first kappa shape index (κ1) is 24.7. The Morgan fingerprint density at radius 3 is 2.16 bits per heavy atom. The molecule has 5 rings (SSSR count). The highest BCUT2D eigenvalue weighted by Gasteiger charge is 2.15. The zero-order chi connectivity index (χ0) is 25.6. The van der Waals surface area contributed by atoms with Gasteiger partial charge in [-0.15, -0.1) is 0 Å². The number of benzene rings is 4. The van der Waals surface area contributed by atoms with Gasteiger partial charge in [-0.2, -0.15) is 0 Å². The van der Waals surface area contributed by atoms with Crippen molar-refractivity contribution in [1.29, 1.82) is 0 Å². The number of hydrogen-bond donors (Lipinski definition) is 1. The predicted octanol–water partition coefficient (Wildman–Crippen LogP) is 6.74. The maximum atomic E-state index is 12.5. The number of amides is 1. The van der Waals surface area contributed by atoms with E-state index in [0.717, 1.165) is 57.9 Å². The number of nitrogens with zero attached hydrogens (tertiary/aromatic N) is 1. The minimum Gasteiger partial charge on any atom is -0.497 e. The number of piperidine rings is 1. The van der Waals surface area contributed by atoms with Gasteiger partial charge in [0.05, 0.1) is 20.8 Å². The Morgan fingerprint density at radius 1 is 0.784 bits per heavy atom. The first-order valence-electron chi connectivity index (χ1n) is 12.7. The number of likely N-dealkylation sites (tertiary alicyclic amines) is 1. The molecule has 1 amide bonds. The van der Waals surface area contributed by atoms with Crippen molar-refractivity contribution in [2.45, 2.75) is 19.3 Å². The molecular formula is C31H32N2O4. The summed E-state index contributed by atoms with van der Waals surface area (Å²) in [4.78, 5) is 14.7. The van der Waals surface area contributed by atoms with Crippen LogP contribution >= 0.6 is 0 Å². The Bertz CT molecular complexity index is 1360. The van der Waals surface area contributed by atoms with E-state index in [0.29, 0.717) is 12.3 Å². The van der Waals surface area contributed by atoms with Gasteiger partial charge in [-0.3, -0.25) is 9.69 Å². The third-order valence-corrected chi connectivity index (χ3v) is 6.75. The lowest BCUT2D eigenvalue weighted by molar-refractivity contribution is -0.117. The number of rotatable bonds is 8. The fourth-order valence-corrected chi connectivity index (χ4v) is 4.76. The van der Waals surface area contributed by atoms with Crippen molar-refractivity contribution < 1.29 is 19.0 Å². The molecule has 1 heterocycles. The maximum Gasteiger partial charge on any atom is 0.238 e. The molecule has 0 spiro atoms. The van der Waals surface area contributed by atoms with E-state index >= 15 is 0 Å². The first-order chi connectivity index (χ1) is 18.1. The maximum absolute atomic E-state index is 12.5. The van der Waals surface area contributed by atoms with E-state index in [-0.39, 0.29) is 5.91 Å². The molecule has 4 aromatic rings. The van der Waals surface area contributed by atoms with Crippen LogP contribution in [0.3, 0.4) is 0 Å². The van der Waals surface area contributed by atoms with Crippen LogP contribution in [0.1, 0.15) is 19.3 Å². The van der Waals surface area contributed by atoms with E-state index < -0.39 is 0 Å². The van der Waals surface area contributed by atoms with E-state index in [1.165, 1.54) is 19.3 Å². The van der Waals surface area contributed by atoms with Crippen molar-refractivity contribution >= 4 is 22.4 Å². The van der Waals surface area contributed by atoms with Gasteiger partial charge in [0, 0.05) is 16.6 Å². The molecule has 0 saturated carbocycles. The fraction of sp³-hybridized carbons (Fsp3) is 0.258. The molecule has 0 bridgehead atoms. The number of fused-ring (bicyclic) bond motifs is 1. The summed E-state index contributed by atoms with van der Waals surface area (Å²) >= 11 is 0. The van der Waals surface area contributed by atoms with Gasteiger partial charge in [0.2, 0.25) is 5.91 Å². The molecular weight excluding hydrogens is 464 g/mol. The van der Waals surface area contributed by atoms with E-state index in [2.05, 4.69) is 22.3 Å². The highest BCUT2D eigenvalue weighted by atomic mass is 16.5. The molecule has 1 aliphatic heterocycles. The Balaban J connectivity index is 1.40. The van der Waals surface area contributed by atoms with Gasteiger partial charge in [-0.1, -0.05) is 24.6 Å². The summed E-state index contributed by atoms with van der Waals surface area (Å²) in [5, 5.41) is 5.01. The largest absolute Gasteiger partial charge is 0.497 e. The van der Waals surface area contributed by atoms with Gasteiger partial charge in [-0.25, -0.2) is 0 Å². The van der Waals surface area contributed by atoms with Gasteiger partial charge >= 0.3 is 0 Å². The van der Waals surface area contributed by atoms with E-state index in [4.69, 9.17) is 14.2 Å². The van der Waals surface area contributed by atoms with Gasteiger partial charge in [0.15, 0.2) is 0 Å². The van der Waals surface area contributed by atoms with Gasteiger partial charge < -0.3 is 19.5 Å². The Labute approximate surface area is 217 Å². The van der Waals surface area contributed by atoms with Crippen LogP contribution in [0.15, 0.2) is 78.9 Å². The van der Waals surface area contributed by atoms with Crippen LogP contribution in [0.25, 0.3) is 21.9 Å². The SMILES string of the molecule is COc1ccc(-c2ccc3cc(OC)ccc3c2Oc2ccc(NC(=O)CN3CCCCC3)cc2)cc1. The summed E-state index contributed by atoms with van der Waals surface area (Å²) in [6, 6.07) is 25.6. The molecule has 1 N–H and O–H groups in total. The van der Waals surface area contributed by atoms with Crippen LogP contribution in [-0.2, 0) is 4.79 Å². The predicted molar refractivity (Wildman–Crippen MR) is 148 cm³/mol. The number of methoxy groups -OCH3 is 2. The normalized spacial score (nSPS) is 13.8. The first-order valence-corrected chi connectivity index (χ1v) is 12.7. The Morgan fingerprint density at radius 2 is 1.46 bits per heavy atom. The zero-order valence-corrected chi connectivity index (χ0v) is 21.3. The molecule has 0 aromatic heterocycles. The minimum absolute atomic E-state index is 0.0142. The molecule has 0 radical (unpaired) electrons. The number of anilines is 1. The lowest BCUT2D eigenvalue weighted by atomic mass is 9.99. The number of ether oxygens (including phenoxy) is 3. The molecule has 1 saturated heterocycles. The van der Waals surface area contributed by atoms with Crippen LogP contribution in [0.4, 0.5) is 5.69 Å². The number of carbonyl (C=O) groups is 1. The summed E-state index contributed by atoms with van der Waals surface area (Å²) < 4.78 is 17.2. The second kappa shape index (κ2) is 11.4. The zero-order valence-electron chi connectivity index (χ0n) is 21.3. The highest BCUT2D eigenvalue weighted by Crippen LogP contribution is 2.41. The van der Waals surface area contributed by atoms with Crippen LogP contribution in [0.5, 0.6) is 23.0 Å². The van der Waals surface area contributed by atoms with Crippen molar-refractivity contribution in [3.05, 3.63) is 78.9 Å². The number of nitrogens with one attached hydrogen (secondary N) is 1. The molecule has 37 heavy (non-hydrogen) atoms. The Kier molecular flexibility index (Phi) is 7.57. The fourth-order valence-electron chi connectivity index (χ4n) is 4.76. The van der Waals surface area contributed by atoms with Gasteiger partial charge in [-0.05, 0) is 97.5 Å². The van der Waals surface area contributed by atoms with Gasteiger partial charge in [0.25, 0.3) is 0 Å². The van der Waals surface area contributed by atoms with Crippen LogP contribution in [0.2, 0.25) is 0 Å². The molecule has 0 aliphatic carbocycles. The van der Waals surface area contributed by atoms with Crippen molar-refractivity contribution in [3.8, 4) is 34.1 Å². The average molecular weight is 497 g/mol. The summed E-state index contributed by atoms with van der Waals surface area (Å²) in [5.74, 6) is 3.05. The van der Waals surface area contributed by atoms with Gasteiger partial charge in [0.1, 0.15) is 23.0 Å². The van der Waals surface area contributed by atoms with E-state index in [1.54, 1.807) is 14.2 Å². The van der Waals surface area contributed by atoms with E-state index in [1.807, 2.05) is 66.7 Å². The van der Waals surface area contributed by atoms with E-state index in [9.17, 15) is 4.79 Å². The summed E-state index contributed by atoms with van der Waals surface area (Å²) in [6.07, 6.45) is 3.58. The molecule has 4 aromatic carbocycles. The molecule has 1 fully saturated rings. The topological polar surface area (TPSA) is 60.0 Å². The van der Waals surface area contributed by atoms with Crippen LogP contribution in [0, 0.1) is 0 Å². The average Bonchev–Trinajstić information content (AvgIpc) is 2.94. The van der Waals surface area contributed by atoms with Crippen molar-refractivity contribution in [3.63, 3.8) is 0 Å². The molecule has 190 valence electrons.